The zero-order valence-electron chi connectivity index (χ0n) is 14.1. The molecular weight excluding hydrogens is 330 g/mol. The van der Waals surface area contributed by atoms with Gasteiger partial charge in [-0.2, -0.15) is 5.26 Å². The first-order valence-electron chi connectivity index (χ1n) is 7.73. The van der Waals surface area contributed by atoms with Crippen LogP contribution < -0.4 is 16.6 Å². The molecule has 0 saturated carbocycles. The number of hydrogen-bond donors (Lipinski definition) is 1. The van der Waals surface area contributed by atoms with Crippen LogP contribution >= 0.6 is 0 Å². The molecule has 25 heavy (non-hydrogen) atoms. The van der Waals surface area contributed by atoms with E-state index in [1.165, 1.54) is 20.2 Å². The molecule has 132 valence electrons. The van der Waals surface area contributed by atoms with Gasteiger partial charge in [-0.05, 0) is 12.5 Å². The highest BCUT2D eigenvalue weighted by atomic mass is 19.1. The molecule has 8 heteroatoms. The van der Waals surface area contributed by atoms with Crippen molar-refractivity contribution in [3.63, 3.8) is 0 Å². The molecule has 1 aromatic carbocycles. The van der Waals surface area contributed by atoms with Crippen molar-refractivity contribution >= 4 is 5.82 Å². The Hall–Kier alpha value is -2.95. The van der Waals surface area contributed by atoms with Gasteiger partial charge in [0.15, 0.2) is 5.56 Å². The Labute approximate surface area is 142 Å². The molecule has 0 bridgehead atoms. The minimum Gasteiger partial charge on any atom is -0.363 e. The summed E-state index contributed by atoms with van der Waals surface area (Å²) in [7, 11) is 2.69. The second kappa shape index (κ2) is 7.30. The molecule has 0 fully saturated rings. The number of aromatic nitrogens is 2. The zero-order chi connectivity index (χ0) is 18.7. The van der Waals surface area contributed by atoms with Gasteiger partial charge in [0.25, 0.3) is 5.56 Å². The number of halogens is 2. The fourth-order valence-electron chi connectivity index (χ4n) is 2.66. The summed E-state index contributed by atoms with van der Waals surface area (Å²) in [6, 6.07) is 4.37. The number of hydrogen-bond acceptors (Lipinski definition) is 4. The minimum atomic E-state index is -0.738. The first-order chi connectivity index (χ1) is 11.8. The average Bonchev–Trinajstić information content (AvgIpc) is 2.57. The Bertz CT molecular complexity index is 957. The van der Waals surface area contributed by atoms with Crippen molar-refractivity contribution in [3.8, 4) is 6.07 Å². The van der Waals surface area contributed by atoms with Crippen LogP contribution in [0.25, 0.3) is 0 Å². The van der Waals surface area contributed by atoms with Crippen LogP contribution in [0.5, 0.6) is 0 Å². The van der Waals surface area contributed by atoms with Gasteiger partial charge in [0.1, 0.15) is 23.5 Å². The van der Waals surface area contributed by atoms with Crippen molar-refractivity contribution in [2.45, 2.75) is 25.8 Å². The molecule has 0 spiro atoms. The molecule has 2 aromatic rings. The van der Waals surface area contributed by atoms with Crippen LogP contribution in [-0.2, 0) is 14.1 Å². The number of benzene rings is 1. The van der Waals surface area contributed by atoms with E-state index in [9.17, 15) is 23.6 Å². The van der Waals surface area contributed by atoms with E-state index < -0.39 is 28.9 Å². The number of rotatable bonds is 5. The average molecular weight is 348 g/mol. The summed E-state index contributed by atoms with van der Waals surface area (Å²) in [4.78, 5) is 24.3. The zero-order valence-corrected chi connectivity index (χ0v) is 14.1. The molecule has 0 amide bonds. The topological polar surface area (TPSA) is 79.8 Å². The van der Waals surface area contributed by atoms with Crippen LogP contribution in [0.2, 0.25) is 0 Å². The molecule has 0 unspecified atom stereocenters. The third-order valence-corrected chi connectivity index (χ3v) is 4.00. The SMILES string of the molecule is CCC[C@H](Nc1c(C#N)c(=O)n(C)c(=O)n1C)c1ccc(F)cc1F. The Morgan fingerprint density at radius 1 is 1.24 bits per heavy atom. The maximum Gasteiger partial charge on any atom is 0.332 e. The fourth-order valence-corrected chi connectivity index (χ4v) is 2.66. The van der Waals surface area contributed by atoms with E-state index >= 15 is 0 Å². The molecule has 1 atom stereocenters. The number of nitrogens with zero attached hydrogens (tertiary/aromatic N) is 3. The smallest absolute Gasteiger partial charge is 0.332 e. The van der Waals surface area contributed by atoms with Crippen molar-refractivity contribution in [3.05, 3.63) is 61.8 Å². The first kappa shape index (κ1) is 18.4. The van der Waals surface area contributed by atoms with Crippen molar-refractivity contribution in [2.24, 2.45) is 14.1 Å². The molecule has 1 heterocycles. The maximum absolute atomic E-state index is 14.2. The molecule has 0 saturated heterocycles. The van der Waals surface area contributed by atoms with Gasteiger partial charge in [0, 0.05) is 25.7 Å². The highest BCUT2D eigenvalue weighted by molar-refractivity contribution is 5.52. The minimum absolute atomic E-state index is 0.0118. The van der Waals surface area contributed by atoms with Gasteiger partial charge in [-0.25, -0.2) is 13.6 Å². The first-order valence-corrected chi connectivity index (χ1v) is 7.73. The number of anilines is 1. The lowest BCUT2D eigenvalue weighted by Gasteiger charge is -2.23. The van der Waals surface area contributed by atoms with Gasteiger partial charge in [-0.15, -0.1) is 0 Å². The summed E-state index contributed by atoms with van der Waals surface area (Å²) in [6.45, 7) is 1.88. The lowest BCUT2D eigenvalue weighted by molar-refractivity contribution is 0.549. The molecule has 0 aliphatic heterocycles. The predicted octanol–water partition coefficient (Wildman–Crippen LogP) is 2.19. The Morgan fingerprint density at radius 3 is 2.48 bits per heavy atom. The summed E-state index contributed by atoms with van der Waals surface area (Å²) in [5.74, 6) is -1.42. The Balaban J connectivity index is 2.60. The van der Waals surface area contributed by atoms with Crippen molar-refractivity contribution in [2.75, 3.05) is 5.32 Å². The summed E-state index contributed by atoms with van der Waals surface area (Å²) >= 11 is 0. The maximum atomic E-state index is 14.2. The van der Waals surface area contributed by atoms with Gasteiger partial charge in [0.05, 0.1) is 6.04 Å². The van der Waals surface area contributed by atoms with Crippen LogP contribution in [0.3, 0.4) is 0 Å². The normalized spacial score (nSPS) is 11.8. The fraction of sp³-hybridized carbons (Fsp3) is 0.353. The van der Waals surface area contributed by atoms with E-state index in [0.29, 0.717) is 12.8 Å². The second-order valence-corrected chi connectivity index (χ2v) is 5.69. The molecule has 1 N–H and O–H groups in total. The van der Waals surface area contributed by atoms with Crippen LogP contribution in [-0.4, -0.2) is 9.13 Å². The summed E-state index contributed by atoms with van der Waals surface area (Å²) in [5.41, 5.74) is -1.39. The van der Waals surface area contributed by atoms with Crippen molar-refractivity contribution < 1.29 is 8.78 Å². The van der Waals surface area contributed by atoms with Crippen LogP contribution in [0.1, 0.15) is 36.9 Å². The second-order valence-electron chi connectivity index (χ2n) is 5.69. The number of nitriles is 1. The molecule has 0 aliphatic carbocycles. The van der Waals surface area contributed by atoms with Crippen LogP contribution in [0, 0.1) is 23.0 Å². The van der Waals surface area contributed by atoms with E-state index in [1.54, 1.807) is 6.07 Å². The monoisotopic (exact) mass is 348 g/mol. The highest BCUT2D eigenvalue weighted by Crippen LogP contribution is 2.26. The lowest BCUT2D eigenvalue weighted by Crippen LogP contribution is -2.40. The molecular formula is C17H18F2N4O2. The molecule has 0 radical (unpaired) electrons. The molecule has 2 rings (SSSR count). The summed E-state index contributed by atoms with van der Waals surface area (Å²) < 4.78 is 29.3. The van der Waals surface area contributed by atoms with Crippen LogP contribution in [0.4, 0.5) is 14.6 Å². The quantitative estimate of drug-likeness (QED) is 0.898. The standard InChI is InChI=1S/C17H18F2N4O2/c1-4-5-14(11-7-6-10(18)8-13(11)19)21-15-12(9-20)16(24)23(3)17(25)22(15)2/h6-8,14,21H,4-5H2,1-3H3/t14-/m0/s1. The van der Waals surface area contributed by atoms with E-state index in [-0.39, 0.29) is 16.9 Å². The highest BCUT2D eigenvalue weighted by Gasteiger charge is 2.21. The van der Waals surface area contributed by atoms with E-state index in [2.05, 4.69) is 5.32 Å². The van der Waals surface area contributed by atoms with Gasteiger partial charge in [-0.3, -0.25) is 13.9 Å². The number of nitrogens with one attached hydrogen (secondary N) is 1. The van der Waals surface area contributed by atoms with Crippen molar-refractivity contribution in [1.82, 2.24) is 9.13 Å². The Morgan fingerprint density at radius 2 is 1.92 bits per heavy atom. The summed E-state index contributed by atoms with van der Waals surface area (Å²) in [6.07, 6.45) is 1.12. The molecule has 0 aliphatic rings. The third-order valence-electron chi connectivity index (χ3n) is 4.00. The van der Waals surface area contributed by atoms with Gasteiger partial charge in [-0.1, -0.05) is 19.4 Å². The molecule has 6 nitrogen and oxygen atoms in total. The predicted molar refractivity (Wildman–Crippen MR) is 89.3 cm³/mol. The van der Waals surface area contributed by atoms with Gasteiger partial charge < -0.3 is 5.32 Å². The van der Waals surface area contributed by atoms with E-state index in [4.69, 9.17) is 0 Å². The lowest BCUT2D eigenvalue weighted by atomic mass is 10.0. The summed E-state index contributed by atoms with van der Waals surface area (Å²) in [5, 5.41) is 12.2. The van der Waals surface area contributed by atoms with Gasteiger partial charge >= 0.3 is 5.69 Å². The third kappa shape index (κ3) is 3.45. The van der Waals surface area contributed by atoms with E-state index in [0.717, 1.165) is 21.3 Å². The Kier molecular flexibility index (Phi) is 5.37. The van der Waals surface area contributed by atoms with Crippen LogP contribution in [0.15, 0.2) is 27.8 Å². The molecule has 1 aromatic heterocycles. The van der Waals surface area contributed by atoms with E-state index in [1.807, 2.05) is 6.92 Å². The van der Waals surface area contributed by atoms with Crippen molar-refractivity contribution in [1.29, 1.82) is 5.26 Å². The largest absolute Gasteiger partial charge is 0.363 e. The van der Waals surface area contributed by atoms with Gasteiger partial charge in [0.2, 0.25) is 0 Å².